The van der Waals surface area contributed by atoms with E-state index in [-0.39, 0.29) is 0 Å². The van der Waals surface area contributed by atoms with E-state index in [1.165, 1.54) is 0 Å². The van der Waals surface area contributed by atoms with E-state index < -0.39 is 6.10 Å². The van der Waals surface area contributed by atoms with Crippen LogP contribution in [0, 0.1) is 0 Å². The van der Waals surface area contributed by atoms with Crippen LogP contribution in [0.4, 0.5) is 0 Å². The Kier molecular flexibility index (Phi) is 5.04. The highest BCUT2D eigenvalue weighted by Crippen LogP contribution is 2.30. The van der Waals surface area contributed by atoms with E-state index in [9.17, 15) is 5.11 Å². The van der Waals surface area contributed by atoms with Gasteiger partial charge in [-0.15, -0.1) is 0 Å². The molecule has 0 aliphatic rings. The fraction of sp³-hybridized carbons (Fsp3) is 0.312. The molecule has 4 nitrogen and oxygen atoms in total. The molecule has 1 atom stereocenters. The molecule has 0 aliphatic heterocycles. The number of aliphatic hydroxyl groups excluding tert-OH is 1. The molecule has 0 aliphatic carbocycles. The summed E-state index contributed by atoms with van der Waals surface area (Å²) in [5.41, 5.74) is 3.63. The molecule has 21 heavy (non-hydrogen) atoms. The quantitative estimate of drug-likeness (QED) is 0.892. The average Bonchev–Trinajstić information content (AvgIpc) is 2.86. The van der Waals surface area contributed by atoms with Crippen LogP contribution in [0.25, 0.3) is 5.57 Å². The molecule has 2 aromatic rings. The van der Waals surface area contributed by atoms with Crippen LogP contribution in [0.2, 0.25) is 5.02 Å². The summed E-state index contributed by atoms with van der Waals surface area (Å²) in [6, 6.07) is 7.22. The Morgan fingerprint density at radius 3 is 2.67 bits per heavy atom. The molecule has 1 heterocycles. The molecule has 0 spiro atoms. The minimum atomic E-state index is -0.739. The van der Waals surface area contributed by atoms with Crippen LogP contribution >= 0.6 is 11.6 Å². The van der Waals surface area contributed by atoms with Gasteiger partial charge in [-0.1, -0.05) is 30.7 Å². The molecule has 2 rings (SSSR count). The normalized spacial score (nSPS) is 13.3. The van der Waals surface area contributed by atoms with Gasteiger partial charge in [-0.2, -0.15) is 5.10 Å². The van der Waals surface area contributed by atoms with E-state index in [1.54, 1.807) is 23.0 Å². The first kappa shape index (κ1) is 15.6. The molecule has 1 aromatic carbocycles. The van der Waals surface area contributed by atoms with Crippen molar-refractivity contribution >= 4 is 17.2 Å². The topological polar surface area (TPSA) is 50.1 Å². The second-order valence-electron chi connectivity index (χ2n) is 4.83. The fourth-order valence-electron chi connectivity index (χ4n) is 2.37. The summed E-state index contributed by atoms with van der Waals surface area (Å²) in [4.78, 5) is 0. The molecule has 2 N–H and O–H groups in total. The van der Waals surface area contributed by atoms with Crippen molar-refractivity contribution in [3.8, 4) is 0 Å². The van der Waals surface area contributed by atoms with Gasteiger partial charge in [0.05, 0.1) is 11.9 Å². The van der Waals surface area contributed by atoms with Crippen LogP contribution in [0.1, 0.15) is 36.3 Å². The molecule has 0 radical (unpaired) electrons. The number of nitrogens with one attached hydrogen (secondary N) is 1. The van der Waals surface area contributed by atoms with Gasteiger partial charge < -0.3 is 10.4 Å². The van der Waals surface area contributed by atoms with E-state index in [0.29, 0.717) is 5.02 Å². The van der Waals surface area contributed by atoms with Gasteiger partial charge in [-0.05, 0) is 29.7 Å². The summed E-state index contributed by atoms with van der Waals surface area (Å²) in [6.07, 6.45) is 3.85. The standard InChI is InChI=1S/C16H20ClN3O/c1-4-11(9-18-2)14-10-19-20(3)15(14)16(21)12-5-7-13(17)8-6-12/h5-10,16,18,21H,4H2,1-3H3/b11-9+. The zero-order chi connectivity index (χ0) is 15.4. The van der Waals surface area contributed by atoms with Crippen molar-refractivity contribution < 1.29 is 5.11 Å². The van der Waals surface area contributed by atoms with Crippen LogP contribution in [-0.2, 0) is 7.05 Å². The Morgan fingerprint density at radius 1 is 1.43 bits per heavy atom. The van der Waals surface area contributed by atoms with Gasteiger partial charge in [0.15, 0.2) is 0 Å². The number of aromatic nitrogens is 2. The van der Waals surface area contributed by atoms with Gasteiger partial charge in [0.2, 0.25) is 0 Å². The Bertz CT molecular complexity index is 631. The second kappa shape index (κ2) is 6.78. The molecule has 0 amide bonds. The van der Waals surface area contributed by atoms with Crippen molar-refractivity contribution in [2.45, 2.75) is 19.4 Å². The summed E-state index contributed by atoms with van der Waals surface area (Å²) in [7, 11) is 3.70. The Morgan fingerprint density at radius 2 is 2.10 bits per heavy atom. The maximum atomic E-state index is 10.7. The van der Waals surface area contributed by atoms with E-state index in [0.717, 1.165) is 28.8 Å². The number of rotatable bonds is 5. The third-order valence-electron chi connectivity index (χ3n) is 3.47. The van der Waals surface area contributed by atoms with Crippen molar-refractivity contribution in [3.63, 3.8) is 0 Å². The first-order chi connectivity index (χ1) is 10.1. The number of aliphatic hydroxyl groups is 1. The van der Waals surface area contributed by atoms with Crippen LogP contribution in [0.5, 0.6) is 0 Å². The van der Waals surface area contributed by atoms with Crippen LogP contribution in [0.3, 0.4) is 0 Å². The van der Waals surface area contributed by atoms with Gasteiger partial charge in [-0.25, -0.2) is 0 Å². The zero-order valence-electron chi connectivity index (χ0n) is 12.5. The Labute approximate surface area is 130 Å². The lowest BCUT2D eigenvalue weighted by Crippen LogP contribution is -2.09. The third kappa shape index (κ3) is 3.28. The minimum absolute atomic E-state index is 0.653. The molecular formula is C16H20ClN3O. The molecular weight excluding hydrogens is 286 g/mol. The lowest BCUT2D eigenvalue weighted by atomic mass is 9.98. The molecule has 0 saturated heterocycles. The third-order valence-corrected chi connectivity index (χ3v) is 3.73. The maximum Gasteiger partial charge on any atom is 0.121 e. The first-order valence-corrected chi connectivity index (χ1v) is 7.28. The van der Waals surface area contributed by atoms with Crippen molar-refractivity contribution in [2.24, 2.45) is 7.05 Å². The molecule has 0 fully saturated rings. The number of benzene rings is 1. The fourth-order valence-corrected chi connectivity index (χ4v) is 2.49. The number of halogens is 1. The lowest BCUT2D eigenvalue weighted by Gasteiger charge is -2.15. The zero-order valence-corrected chi connectivity index (χ0v) is 13.2. The summed E-state index contributed by atoms with van der Waals surface area (Å²) >= 11 is 5.90. The monoisotopic (exact) mass is 305 g/mol. The van der Waals surface area contributed by atoms with Gasteiger partial charge in [0, 0.05) is 30.9 Å². The first-order valence-electron chi connectivity index (χ1n) is 6.90. The molecule has 1 aromatic heterocycles. The molecule has 0 saturated carbocycles. The highest BCUT2D eigenvalue weighted by molar-refractivity contribution is 6.30. The summed E-state index contributed by atoms with van der Waals surface area (Å²) in [5.74, 6) is 0. The lowest BCUT2D eigenvalue weighted by molar-refractivity contribution is 0.209. The number of hydrogen-bond acceptors (Lipinski definition) is 3. The van der Waals surface area contributed by atoms with Crippen molar-refractivity contribution in [1.82, 2.24) is 15.1 Å². The molecule has 5 heteroatoms. The van der Waals surface area contributed by atoms with Crippen molar-refractivity contribution in [3.05, 3.63) is 58.5 Å². The smallest absolute Gasteiger partial charge is 0.121 e. The van der Waals surface area contributed by atoms with E-state index in [4.69, 9.17) is 11.6 Å². The largest absolute Gasteiger partial charge is 0.394 e. The number of allylic oxidation sites excluding steroid dienone is 1. The van der Waals surface area contributed by atoms with E-state index in [2.05, 4.69) is 17.3 Å². The second-order valence-corrected chi connectivity index (χ2v) is 5.27. The summed E-state index contributed by atoms with van der Waals surface area (Å²) in [5, 5.41) is 18.7. The predicted octanol–water partition coefficient (Wildman–Crippen LogP) is 3.13. The minimum Gasteiger partial charge on any atom is -0.394 e. The predicted molar refractivity (Wildman–Crippen MR) is 86.0 cm³/mol. The molecule has 0 bridgehead atoms. The van der Waals surface area contributed by atoms with Crippen molar-refractivity contribution in [1.29, 1.82) is 0 Å². The van der Waals surface area contributed by atoms with Gasteiger partial charge in [-0.3, -0.25) is 4.68 Å². The molecule has 1 unspecified atom stereocenters. The highest BCUT2D eigenvalue weighted by atomic mass is 35.5. The van der Waals surface area contributed by atoms with E-state index in [1.807, 2.05) is 32.4 Å². The van der Waals surface area contributed by atoms with Crippen LogP contribution in [-0.4, -0.2) is 21.9 Å². The van der Waals surface area contributed by atoms with Gasteiger partial charge in [0.1, 0.15) is 6.10 Å². The SMILES string of the molecule is CC/C(=C\NC)c1cnn(C)c1C(O)c1ccc(Cl)cc1. The highest BCUT2D eigenvalue weighted by Gasteiger charge is 2.20. The average molecular weight is 306 g/mol. The number of hydrogen-bond donors (Lipinski definition) is 2. The maximum absolute atomic E-state index is 10.7. The Balaban J connectivity index is 2.46. The summed E-state index contributed by atoms with van der Waals surface area (Å²) < 4.78 is 1.72. The Hall–Kier alpha value is -1.78. The number of nitrogens with zero attached hydrogens (tertiary/aromatic N) is 2. The van der Waals surface area contributed by atoms with Gasteiger partial charge >= 0.3 is 0 Å². The van der Waals surface area contributed by atoms with Crippen molar-refractivity contribution in [2.75, 3.05) is 7.05 Å². The van der Waals surface area contributed by atoms with Gasteiger partial charge in [0.25, 0.3) is 0 Å². The van der Waals surface area contributed by atoms with E-state index >= 15 is 0 Å². The van der Waals surface area contributed by atoms with Crippen LogP contribution < -0.4 is 5.32 Å². The number of aryl methyl sites for hydroxylation is 1. The summed E-state index contributed by atoms with van der Waals surface area (Å²) in [6.45, 7) is 2.08. The molecule has 112 valence electrons. The van der Waals surface area contributed by atoms with Crippen LogP contribution in [0.15, 0.2) is 36.7 Å².